The highest BCUT2D eigenvalue weighted by atomic mass is 16.3. The van der Waals surface area contributed by atoms with Gasteiger partial charge >= 0.3 is 0 Å². The Morgan fingerprint density at radius 1 is 1.00 bits per heavy atom. The maximum Gasteiger partial charge on any atom is 0.253 e. The fourth-order valence-corrected chi connectivity index (χ4v) is 4.76. The van der Waals surface area contributed by atoms with Crippen LogP contribution in [0.3, 0.4) is 0 Å². The van der Waals surface area contributed by atoms with Gasteiger partial charge < -0.3 is 19.5 Å². The number of aryl methyl sites for hydroxylation is 1. The average Bonchev–Trinajstić information content (AvgIpc) is 3.36. The number of furan rings is 1. The third-order valence-corrected chi connectivity index (χ3v) is 6.79. The van der Waals surface area contributed by atoms with Crippen LogP contribution in [0.1, 0.15) is 54.3 Å². The Kier molecular flexibility index (Phi) is 7.07. The first kappa shape index (κ1) is 21.6. The number of nitrogens with zero attached hydrogens (tertiary/aromatic N) is 2. The Bertz CT molecular complexity index is 847. The summed E-state index contributed by atoms with van der Waals surface area (Å²) in [5.41, 5.74) is 2.05. The maximum absolute atomic E-state index is 12.8. The Morgan fingerprint density at radius 3 is 2.32 bits per heavy atom. The van der Waals surface area contributed by atoms with Crippen LogP contribution in [0.5, 0.6) is 0 Å². The molecule has 6 heteroatoms. The highest BCUT2D eigenvalue weighted by Gasteiger charge is 2.31. The first-order valence-electron chi connectivity index (χ1n) is 11.6. The number of likely N-dealkylation sites (tertiary alicyclic amines) is 2. The summed E-state index contributed by atoms with van der Waals surface area (Å²) in [6, 6.07) is 12.2. The van der Waals surface area contributed by atoms with Crippen LogP contribution in [-0.2, 0) is 17.8 Å². The van der Waals surface area contributed by atoms with Crippen molar-refractivity contribution < 1.29 is 14.0 Å². The van der Waals surface area contributed by atoms with Gasteiger partial charge in [0.05, 0.1) is 12.8 Å². The molecule has 2 amide bonds. The molecular weight excluding hydrogens is 390 g/mol. The summed E-state index contributed by atoms with van der Waals surface area (Å²) < 4.78 is 5.28. The summed E-state index contributed by atoms with van der Waals surface area (Å²) in [5, 5.41) is 2.99. The number of piperidine rings is 2. The Labute approximate surface area is 184 Å². The van der Waals surface area contributed by atoms with Gasteiger partial charge in [-0.25, -0.2) is 0 Å². The summed E-state index contributed by atoms with van der Waals surface area (Å²) >= 11 is 0. The summed E-state index contributed by atoms with van der Waals surface area (Å²) in [6.45, 7) is 6.11. The molecule has 1 aromatic heterocycles. The summed E-state index contributed by atoms with van der Waals surface area (Å²) in [7, 11) is 0. The minimum atomic E-state index is 0.0824. The van der Waals surface area contributed by atoms with Crippen molar-refractivity contribution in [2.24, 2.45) is 5.92 Å². The van der Waals surface area contributed by atoms with Crippen LogP contribution in [0, 0.1) is 5.92 Å². The number of carbonyl (C=O) groups is 2. The molecule has 0 bridgehead atoms. The molecule has 0 aliphatic carbocycles. The van der Waals surface area contributed by atoms with E-state index in [0.29, 0.717) is 12.6 Å². The van der Waals surface area contributed by atoms with E-state index in [0.717, 1.165) is 69.6 Å². The van der Waals surface area contributed by atoms with Crippen molar-refractivity contribution in [1.29, 1.82) is 0 Å². The van der Waals surface area contributed by atoms with Crippen LogP contribution < -0.4 is 5.32 Å². The van der Waals surface area contributed by atoms with E-state index in [1.165, 1.54) is 5.56 Å². The van der Waals surface area contributed by atoms with Crippen LogP contribution in [-0.4, -0.2) is 53.8 Å². The lowest BCUT2D eigenvalue weighted by molar-refractivity contribution is -0.127. The van der Waals surface area contributed by atoms with Crippen molar-refractivity contribution in [3.63, 3.8) is 0 Å². The number of hydrogen-bond donors (Lipinski definition) is 1. The molecule has 1 N–H and O–H groups in total. The van der Waals surface area contributed by atoms with Gasteiger partial charge in [0.2, 0.25) is 5.91 Å². The molecule has 3 heterocycles. The van der Waals surface area contributed by atoms with Crippen molar-refractivity contribution in [3.8, 4) is 0 Å². The van der Waals surface area contributed by atoms with Crippen molar-refractivity contribution in [3.05, 3.63) is 59.5 Å². The quantitative estimate of drug-likeness (QED) is 0.773. The van der Waals surface area contributed by atoms with Crippen molar-refractivity contribution >= 4 is 11.8 Å². The van der Waals surface area contributed by atoms with Crippen molar-refractivity contribution in [1.82, 2.24) is 15.1 Å². The van der Waals surface area contributed by atoms with Gasteiger partial charge in [-0.3, -0.25) is 9.59 Å². The molecule has 0 radical (unpaired) electrons. The molecule has 0 spiro atoms. The summed E-state index contributed by atoms with van der Waals surface area (Å²) in [6.07, 6.45) is 6.42. The van der Waals surface area contributed by atoms with Crippen LogP contribution in [0.4, 0.5) is 0 Å². The van der Waals surface area contributed by atoms with Gasteiger partial charge in [-0.2, -0.15) is 0 Å². The molecule has 166 valence electrons. The van der Waals surface area contributed by atoms with Crippen molar-refractivity contribution in [2.45, 2.75) is 51.6 Å². The zero-order chi connectivity index (χ0) is 21.6. The SMILES string of the molecule is CCc1ccc(C(=O)N2CCC(N3CCC(C(=O)NCc4ccco4)CC3)CC2)cc1. The lowest BCUT2D eigenvalue weighted by atomic mass is 9.92. The Hall–Kier alpha value is -2.60. The number of nitrogens with one attached hydrogen (secondary N) is 1. The van der Waals surface area contributed by atoms with E-state index in [1.54, 1.807) is 6.26 Å². The molecular formula is C25H33N3O3. The number of amides is 2. The number of carbonyl (C=O) groups excluding carboxylic acids is 2. The van der Waals surface area contributed by atoms with E-state index in [1.807, 2.05) is 29.2 Å². The van der Waals surface area contributed by atoms with Gasteiger partial charge in [-0.05, 0) is 75.0 Å². The van der Waals surface area contributed by atoms with Crippen LogP contribution >= 0.6 is 0 Å². The van der Waals surface area contributed by atoms with E-state index in [2.05, 4.69) is 29.3 Å². The topological polar surface area (TPSA) is 65.8 Å². The predicted molar refractivity (Wildman–Crippen MR) is 120 cm³/mol. The molecule has 0 unspecified atom stereocenters. The first-order valence-corrected chi connectivity index (χ1v) is 11.6. The predicted octanol–water partition coefficient (Wildman–Crippen LogP) is 3.48. The van der Waals surface area contributed by atoms with Gasteiger partial charge in [0.25, 0.3) is 5.91 Å². The lowest BCUT2D eigenvalue weighted by Crippen LogP contribution is -2.50. The molecule has 2 aliphatic rings. The fourth-order valence-electron chi connectivity index (χ4n) is 4.76. The molecule has 4 rings (SSSR count). The Morgan fingerprint density at radius 2 is 1.71 bits per heavy atom. The first-order chi connectivity index (χ1) is 15.1. The van der Waals surface area contributed by atoms with Gasteiger partial charge in [-0.15, -0.1) is 0 Å². The lowest BCUT2D eigenvalue weighted by Gasteiger charge is -2.41. The molecule has 2 aliphatic heterocycles. The molecule has 31 heavy (non-hydrogen) atoms. The zero-order valence-corrected chi connectivity index (χ0v) is 18.4. The van der Waals surface area contributed by atoms with E-state index in [4.69, 9.17) is 4.42 Å². The average molecular weight is 424 g/mol. The molecule has 1 aromatic carbocycles. The molecule has 0 atom stereocenters. The van der Waals surface area contributed by atoms with Crippen LogP contribution in [0.25, 0.3) is 0 Å². The third-order valence-electron chi connectivity index (χ3n) is 6.79. The van der Waals surface area contributed by atoms with E-state index in [9.17, 15) is 9.59 Å². The van der Waals surface area contributed by atoms with Gasteiger partial charge in [-0.1, -0.05) is 19.1 Å². The van der Waals surface area contributed by atoms with Crippen LogP contribution in [0.2, 0.25) is 0 Å². The smallest absolute Gasteiger partial charge is 0.253 e. The number of benzene rings is 1. The van der Waals surface area contributed by atoms with Gasteiger partial charge in [0.15, 0.2) is 0 Å². The monoisotopic (exact) mass is 423 g/mol. The molecule has 2 saturated heterocycles. The van der Waals surface area contributed by atoms with E-state index < -0.39 is 0 Å². The number of rotatable bonds is 6. The summed E-state index contributed by atoms with van der Waals surface area (Å²) in [4.78, 5) is 29.8. The highest BCUT2D eigenvalue weighted by molar-refractivity contribution is 5.94. The van der Waals surface area contributed by atoms with Crippen LogP contribution in [0.15, 0.2) is 47.1 Å². The van der Waals surface area contributed by atoms with Gasteiger partial charge in [0.1, 0.15) is 5.76 Å². The molecule has 6 nitrogen and oxygen atoms in total. The number of hydrogen-bond acceptors (Lipinski definition) is 4. The maximum atomic E-state index is 12.8. The minimum Gasteiger partial charge on any atom is -0.467 e. The fraction of sp³-hybridized carbons (Fsp3) is 0.520. The largest absolute Gasteiger partial charge is 0.467 e. The normalized spacial score (nSPS) is 18.8. The van der Waals surface area contributed by atoms with E-state index >= 15 is 0 Å². The zero-order valence-electron chi connectivity index (χ0n) is 18.4. The van der Waals surface area contributed by atoms with Crippen molar-refractivity contribution in [2.75, 3.05) is 26.2 Å². The molecule has 2 fully saturated rings. The second-order valence-electron chi connectivity index (χ2n) is 8.68. The third kappa shape index (κ3) is 5.37. The van der Waals surface area contributed by atoms with E-state index in [-0.39, 0.29) is 17.7 Å². The Balaban J connectivity index is 1.20. The highest BCUT2D eigenvalue weighted by Crippen LogP contribution is 2.25. The summed E-state index contributed by atoms with van der Waals surface area (Å²) in [5.74, 6) is 1.14. The standard InChI is InChI=1S/C25H33N3O3/c1-2-19-5-7-21(8-6-19)25(30)28-15-11-22(12-16-28)27-13-9-20(10-14-27)24(29)26-18-23-4-3-17-31-23/h3-8,17,20,22H,2,9-16,18H2,1H3,(H,26,29). The molecule has 0 saturated carbocycles. The van der Waals surface area contributed by atoms with Gasteiger partial charge in [0, 0.05) is 30.6 Å². The minimum absolute atomic E-state index is 0.0824. The second kappa shape index (κ2) is 10.1. The molecule has 2 aromatic rings. The second-order valence-corrected chi connectivity index (χ2v) is 8.68.